The second-order valence-electron chi connectivity index (χ2n) is 11.7. The zero-order valence-electron chi connectivity index (χ0n) is 23.5. The predicted octanol–water partition coefficient (Wildman–Crippen LogP) is 11.4. The van der Waals surface area contributed by atoms with Crippen LogP contribution in [0.1, 0.15) is 29.2 Å². The Morgan fingerprint density at radius 1 is 0.727 bits per heavy atom. The zero-order chi connectivity index (χ0) is 28.9. The van der Waals surface area contributed by atoms with Gasteiger partial charge in [0.2, 0.25) is 5.71 Å². The van der Waals surface area contributed by atoms with Gasteiger partial charge in [0, 0.05) is 31.5 Å². The summed E-state index contributed by atoms with van der Waals surface area (Å²) < 4.78 is 8.67. The van der Waals surface area contributed by atoms with E-state index >= 15 is 0 Å². The summed E-state index contributed by atoms with van der Waals surface area (Å²) in [6, 6.07) is 39.2. The van der Waals surface area contributed by atoms with E-state index in [0.717, 1.165) is 35.0 Å². The van der Waals surface area contributed by atoms with Crippen molar-refractivity contribution in [3.63, 3.8) is 0 Å². The van der Waals surface area contributed by atoms with Gasteiger partial charge in [0.25, 0.3) is 0 Å². The maximum atomic E-state index is 7.08. The van der Waals surface area contributed by atoms with E-state index < -0.39 is 0 Å². The number of aryl methyl sites for hydroxylation is 1. The number of benzene rings is 6. The molecular formula is C39H23ClN2OS. The highest BCUT2D eigenvalue weighted by Gasteiger charge is 2.32. The molecule has 0 bridgehead atoms. The minimum absolute atomic E-state index is 0.0509. The second kappa shape index (κ2) is 9.12. The van der Waals surface area contributed by atoms with Crippen molar-refractivity contribution in [2.75, 3.05) is 0 Å². The van der Waals surface area contributed by atoms with E-state index in [1.807, 2.05) is 35.6 Å². The number of para-hydroxylation sites is 1. The maximum Gasteiger partial charge on any atom is 0.247 e. The molecule has 0 saturated carbocycles. The Labute approximate surface area is 261 Å². The summed E-state index contributed by atoms with van der Waals surface area (Å²) in [6.45, 7) is 0. The van der Waals surface area contributed by atoms with Gasteiger partial charge in [0.15, 0.2) is 5.15 Å². The molecule has 0 aliphatic heterocycles. The number of furan rings is 1. The lowest BCUT2D eigenvalue weighted by Crippen LogP contribution is -2.07. The Kier molecular flexibility index (Phi) is 5.11. The first kappa shape index (κ1) is 24.6. The molecule has 3 heterocycles. The predicted molar refractivity (Wildman–Crippen MR) is 184 cm³/mol. The van der Waals surface area contributed by atoms with Crippen LogP contribution in [0.3, 0.4) is 0 Å². The van der Waals surface area contributed by atoms with Gasteiger partial charge in [-0.1, -0.05) is 96.5 Å². The Bertz CT molecular complexity index is 2650. The molecule has 0 fully saturated rings. The quantitative estimate of drug-likeness (QED) is 0.187. The number of halogens is 1. The molecule has 1 aliphatic rings. The van der Waals surface area contributed by atoms with Crippen molar-refractivity contribution in [1.82, 2.24) is 9.97 Å². The van der Waals surface area contributed by atoms with Crippen LogP contribution in [0.5, 0.6) is 0 Å². The van der Waals surface area contributed by atoms with Crippen LogP contribution in [-0.2, 0) is 6.42 Å². The molecule has 1 unspecified atom stereocenters. The largest absolute Gasteiger partial charge is 0.436 e. The third-order valence-electron chi connectivity index (χ3n) is 9.40. The van der Waals surface area contributed by atoms with E-state index in [0.29, 0.717) is 10.9 Å². The van der Waals surface area contributed by atoms with Crippen molar-refractivity contribution < 1.29 is 4.42 Å². The molecule has 1 atom stereocenters. The average molecular weight is 603 g/mol. The van der Waals surface area contributed by atoms with Gasteiger partial charge in [0.05, 0.1) is 5.69 Å². The highest BCUT2D eigenvalue weighted by Crippen LogP contribution is 2.53. The molecule has 3 aromatic heterocycles. The Morgan fingerprint density at radius 2 is 1.45 bits per heavy atom. The molecule has 208 valence electrons. The molecule has 0 amide bonds. The van der Waals surface area contributed by atoms with Gasteiger partial charge in [-0.25, -0.2) is 4.98 Å². The van der Waals surface area contributed by atoms with Crippen LogP contribution >= 0.6 is 22.9 Å². The number of aromatic nitrogens is 2. The average Bonchev–Trinajstić information content (AvgIpc) is 3.55. The van der Waals surface area contributed by atoms with Crippen molar-refractivity contribution >= 4 is 86.9 Å². The Hall–Kier alpha value is -4.77. The van der Waals surface area contributed by atoms with Crippen LogP contribution < -0.4 is 0 Å². The van der Waals surface area contributed by atoms with Gasteiger partial charge >= 0.3 is 0 Å². The lowest BCUT2D eigenvalue weighted by Gasteiger charge is -2.21. The number of hydrogen-bond acceptors (Lipinski definition) is 4. The fourth-order valence-corrected chi connectivity index (χ4v) is 9.08. The van der Waals surface area contributed by atoms with Gasteiger partial charge in [-0.2, -0.15) is 4.98 Å². The maximum absolute atomic E-state index is 7.08. The van der Waals surface area contributed by atoms with Crippen LogP contribution in [0.15, 0.2) is 114 Å². The molecule has 0 radical (unpaired) electrons. The molecule has 44 heavy (non-hydrogen) atoms. The molecule has 5 heteroatoms. The smallest absolute Gasteiger partial charge is 0.247 e. The number of thiophene rings is 1. The second-order valence-corrected chi connectivity index (χ2v) is 13.1. The van der Waals surface area contributed by atoms with Gasteiger partial charge in [0.1, 0.15) is 11.1 Å². The minimum Gasteiger partial charge on any atom is -0.436 e. The van der Waals surface area contributed by atoms with E-state index in [9.17, 15) is 0 Å². The third-order valence-corrected chi connectivity index (χ3v) is 10.9. The van der Waals surface area contributed by atoms with Gasteiger partial charge < -0.3 is 4.42 Å². The molecule has 3 nitrogen and oxygen atoms in total. The van der Waals surface area contributed by atoms with Crippen molar-refractivity contribution in [1.29, 1.82) is 0 Å². The van der Waals surface area contributed by atoms with E-state index in [1.165, 1.54) is 64.0 Å². The van der Waals surface area contributed by atoms with Crippen LogP contribution in [0.4, 0.5) is 0 Å². The van der Waals surface area contributed by atoms with Gasteiger partial charge in [-0.05, 0) is 80.9 Å². The topological polar surface area (TPSA) is 38.9 Å². The summed E-state index contributed by atoms with van der Waals surface area (Å²) in [5.41, 5.74) is 8.08. The number of fused-ring (bicyclic) bond motifs is 14. The van der Waals surface area contributed by atoms with Crippen molar-refractivity contribution in [2.24, 2.45) is 0 Å². The van der Waals surface area contributed by atoms with E-state index in [2.05, 4.69) is 84.9 Å². The summed E-state index contributed by atoms with van der Waals surface area (Å²) in [7, 11) is 0. The van der Waals surface area contributed by atoms with E-state index in [1.54, 1.807) is 0 Å². The van der Waals surface area contributed by atoms with Crippen LogP contribution in [0.25, 0.3) is 75.0 Å². The summed E-state index contributed by atoms with van der Waals surface area (Å²) in [6.07, 6.45) is 1.80. The third kappa shape index (κ3) is 3.38. The monoisotopic (exact) mass is 602 g/mol. The first-order valence-corrected chi connectivity index (χ1v) is 16.1. The summed E-state index contributed by atoms with van der Waals surface area (Å²) in [4.78, 5) is 10.1. The van der Waals surface area contributed by atoms with Crippen LogP contribution in [0.2, 0.25) is 5.15 Å². The fraction of sp³-hybridized carbons (Fsp3) is 0.0769. The van der Waals surface area contributed by atoms with Crippen LogP contribution in [-0.4, -0.2) is 9.97 Å². The number of rotatable bonds is 1. The normalized spacial score (nSPS) is 15.0. The van der Waals surface area contributed by atoms with E-state index in [4.69, 9.17) is 26.0 Å². The number of hydrogen-bond donors (Lipinski definition) is 0. The highest BCUT2D eigenvalue weighted by atomic mass is 35.5. The zero-order valence-corrected chi connectivity index (χ0v) is 25.0. The van der Waals surface area contributed by atoms with Gasteiger partial charge in [-0.15, -0.1) is 11.3 Å². The van der Waals surface area contributed by atoms with Crippen molar-refractivity contribution in [2.45, 2.75) is 18.8 Å². The lowest BCUT2D eigenvalue weighted by molar-refractivity contribution is 0.648. The SMILES string of the molecule is Clc1nc2oc3ccccc3c2nc1C1CCc2ccccc2-c2c1c1sc3cc4ccccc4cc3c1c1ccccc21. The molecule has 6 aromatic carbocycles. The molecular weight excluding hydrogens is 580 g/mol. The Balaban J connectivity index is 1.39. The molecule has 0 spiro atoms. The van der Waals surface area contributed by atoms with Gasteiger partial charge in [-0.3, -0.25) is 0 Å². The molecule has 0 N–H and O–H groups in total. The summed E-state index contributed by atoms with van der Waals surface area (Å²) in [5, 5.41) is 9.05. The molecule has 0 saturated heterocycles. The minimum atomic E-state index is -0.0509. The fourth-order valence-electron chi connectivity index (χ4n) is 7.48. The first-order chi connectivity index (χ1) is 21.7. The number of nitrogens with zero attached hydrogens (tertiary/aromatic N) is 2. The standard InChI is InChI=1S/C39H23ClN2OS/c40-38-35(41-36-27-15-7-8-16-30(27)43-39(36)42-38)28-18-17-21-9-3-4-12-24(21)32-25-13-5-6-14-26(25)33-29-19-22-10-1-2-11-23(22)20-31(29)44-37(33)34(28)32/h1-16,19-20,28H,17-18H2. The summed E-state index contributed by atoms with van der Waals surface area (Å²) >= 11 is 8.98. The van der Waals surface area contributed by atoms with Crippen molar-refractivity contribution in [3.05, 3.63) is 131 Å². The van der Waals surface area contributed by atoms with E-state index in [-0.39, 0.29) is 5.92 Å². The molecule has 10 rings (SSSR count). The summed E-state index contributed by atoms with van der Waals surface area (Å²) in [5.74, 6) is -0.0509. The Morgan fingerprint density at radius 3 is 2.34 bits per heavy atom. The lowest BCUT2D eigenvalue weighted by atomic mass is 9.84. The first-order valence-electron chi connectivity index (χ1n) is 15.0. The molecule has 9 aromatic rings. The van der Waals surface area contributed by atoms with Crippen molar-refractivity contribution in [3.8, 4) is 11.1 Å². The highest BCUT2D eigenvalue weighted by molar-refractivity contribution is 7.26. The molecule has 1 aliphatic carbocycles. The van der Waals surface area contributed by atoms with Crippen LogP contribution in [0, 0.1) is 0 Å².